The van der Waals surface area contributed by atoms with Gasteiger partial charge < -0.3 is 14.8 Å². The van der Waals surface area contributed by atoms with E-state index in [1.54, 1.807) is 20.4 Å². The summed E-state index contributed by atoms with van der Waals surface area (Å²) >= 11 is 0. The molecule has 0 aliphatic heterocycles. The SMILES string of the molecule is CNCc1cc(OC)c(OC)cc1-c1ccccn1. The molecule has 2 rings (SSSR count). The Morgan fingerprint density at radius 2 is 1.84 bits per heavy atom. The highest BCUT2D eigenvalue weighted by atomic mass is 16.5. The lowest BCUT2D eigenvalue weighted by Crippen LogP contribution is -2.07. The van der Waals surface area contributed by atoms with Crippen molar-refractivity contribution >= 4 is 0 Å². The van der Waals surface area contributed by atoms with Crippen molar-refractivity contribution in [3.05, 3.63) is 42.1 Å². The molecule has 0 bridgehead atoms. The van der Waals surface area contributed by atoms with Gasteiger partial charge >= 0.3 is 0 Å². The van der Waals surface area contributed by atoms with Gasteiger partial charge in [0.25, 0.3) is 0 Å². The molecular formula is C15H18N2O2. The number of hydrogen-bond acceptors (Lipinski definition) is 4. The highest BCUT2D eigenvalue weighted by Crippen LogP contribution is 2.34. The number of nitrogens with zero attached hydrogens (tertiary/aromatic N) is 1. The van der Waals surface area contributed by atoms with Gasteiger partial charge in [-0.2, -0.15) is 0 Å². The minimum absolute atomic E-state index is 0.711. The van der Waals surface area contributed by atoms with Gasteiger partial charge in [-0.3, -0.25) is 4.98 Å². The van der Waals surface area contributed by atoms with E-state index in [4.69, 9.17) is 9.47 Å². The van der Waals surface area contributed by atoms with E-state index in [9.17, 15) is 0 Å². The second-order valence-electron chi connectivity index (χ2n) is 4.11. The van der Waals surface area contributed by atoms with Crippen molar-refractivity contribution in [3.63, 3.8) is 0 Å². The monoisotopic (exact) mass is 258 g/mol. The number of rotatable bonds is 5. The summed E-state index contributed by atoms with van der Waals surface area (Å²) in [6.45, 7) is 0.742. The van der Waals surface area contributed by atoms with E-state index < -0.39 is 0 Å². The molecule has 19 heavy (non-hydrogen) atoms. The lowest BCUT2D eigenvalue weighted by atomic mass is 10.0. The van der Waals surface area contributed by atoms with Gasteiger partial charge in [0, 0.05) is 18.3 Å². The first kappa shape index (κ1) is 13.4. The van der Waals surface area contributed by atoms with Gasteiger partial charge in [0.15, 0.2) is 11.5 Å². The zero-order valence-electron chi connectivity index (χ0n) is 11.4. The molecule has 0 radical (unpaired) electrons. The molecule has 1 heterocycles. The van der Waals surface area contributed by atoms with Crippen LogP contribution in [0.2, 0.25) is 0 Å². The lowest BCUT2D eigenvalue weighted by molar-refractivity contribution is 0.354. The van der Waals surface area contributed by atoms with Gasteiger partial charge in [-0.1, -0.05) is 6.07 Å². The van der Waals surface area contributed by atoms with Crippen LogP contribution in [-0.4, -0.2) is 26.3 Å². The van der Waals surface area contributed by atoms with Gasteiger partial charge in [-0.15, -0.1) is 0 Å². The summed E-state index contributed by atoms with van der Waals surface area (Å²) in [7, 11) is 5.19. The summed E-state index contributed by atoms with van der Waals surface area (Å²) < 4.78 is 10.7. The number of hydrogen-bond donors (Lipinski definition) is 1. The second-order valence-corrected chi connectivity index (χ2v) is 4.11. The fourth-order valence-corrected chi connectivity index (χ4v) is 2.02. The van der Waals surface area contributed by atoms with Crippen LogP contribution in [0, 0.1) is 0 Å². The summed E-state index contributed by atoms with van der Waals surface area (Å²) in [5.41, 5.74) is 3.10. The van der Waals surface area contributed by atoms with Crippen LogP contribution in [0.5, 0.6) is 11.5 Å². The van der Waals surface area contributed by atoms with Crippen LogP contribution in [0.1, 0.15) is 5.56 Å². The maximum atomic E-state index is 5.36. The Labute approximate surface area is 113 Å². The molecule has 0 amide bonds. The maximum absolute atomic E-state index is 5.36. The number of nitrogens with one attached hydrogen (secondary N) is 1. The zero-order chi connectivity index (χ0) is 13.7. The number of pyridine rings is 1. The molecule has 4 heteroatoms. The molecule has 1 aromatic heterocycles. The third-order valence-electron chi connectivity index (χ3n) is 2.92. The van der Waals surface area contributed by atoms with E-state index in [0.717, 1.165) is 29.1 Å². The molecule has 100 valence electrons. The third kappa shape index (κ3) is 2.85. The van der Waals surface area contributed by atoms with E-state index in [-0.39, 0.29) is 0 Å². The second kappa shape index (κ2) is 6.20. The minimum atomic E-state index is 0.711. The summed E-state index contributed by atoms with van der Waals surface area (Å²) in [6, 6.07) is 9.82. The first-order valence-electron chi connectivity index (χ1n) is 6.11. The summed E-state index contributed by atoms with van der Waals surface area (Å²) in [6.07, 6.45) is 1.79. The molecule has 2 aromatic rings. The summed E-state index contributed by atoms with van der Waals surface area (Å²) in [5, 5.41) is 3.16. The highest BCUT2D eigenvalue weighted by molar-refractivity contribution is 5.68. The Morgan fingerprint density at radius 1 is 1.11 bits per heavy atom. The predicted octanol–water partition coefficient (Wildman–Crippen LogP) is 2.49. The number of methoxy groups -OCH3 is 2. The minimum Gasteiger partial charge on any atom is -0.493 e. The Balaban J connectivity index is 2.57. The molecule has 1 N–H and O–H groups in total. The molecule has 0 aliphatic rings. The fourth-order valence-electron chi connectivity index (χ4n) is 2.02. The van der Waals surface area contributed by atoms with Crippen molar-refractivity contribution < 1.29 is 9.47 Å². The predicted molar refractivity (Wildman–Crippen MR) is 75.5 cm³/mol. The van der Waals surface area contributed by atoms with Gasteiger partial charge in [0.1, 0.15) is 0 Å². The molecule has 0 atom stereocenters. The first-order valence-corrected chi connectivity index (χ1v) is 6.11. The largest absolute Gasteiger partial charge is 0.493 e. The number of aromatic nitrogens is 1. The number of ether oxygens (including phenoxy) is 2. The average molecular weight is 258 g/mol. The molecule has 0 saturated carbocycles. The lowest BCUT2D eigenvalue weighted by Gasteiger charge is -2.14. The molecule has 0 fully saturated rings. The Bertz CT molecular complexity index is 541. The topological polar surface area (TPSA) is 43.4 Å². The molecule has 4 nitrogen and oxygen atoms in total. The number of benzene rings is 1. The van der Waals surface area contributed by atoms with Crippen molar-refractivity contribution in [2.75, 3.05) is 21.3 Å². The van der Waals surface area contributed by atoms with Crippen molar-refractivity contribution in [2.24, 2.45) is 0 Å². The highest BCUT2D eigenvalue weighted by Gasteiger charge is 2.12. The zero-order valence-corrected chi connectivity index (χ0v) is 11.4. The van der Waals surface area contributed by atoms with Crippen LogP contribution >= 0.6 is 0 Å². The van der Waals surface area contributed by atoms with Crippen molar-refractivity contribution in [1.29, 1.82) is 0 Å². The van der Waals surface area contributed by atoms with Crippen LogP contribution < -0.4 is 14.8 Å². The Kier molecular flexibility index (Phi) is 4.36. The van der Waals surface area contributed by atoms with Crippen LogP contribution in [0.3, 0.4) is 0 Å². The standard InChI is InChI=1S/C15H18N2O2/c1-16-10-11-8-14(18-2)15(19-3)9-12(11)13-6-4-5-7-17-13/h4-9,16H,10H2,1-3H3. The Morgan fingerprint density at radius 3 is 2.42 bits per heavy atom. The van der Waals surface area contributed by atoms with E-state index in [1.165, 1.54) is 0 Å². The van der Waals surface area contributed by atoms with Crippen LogP contribution in [0.25, 0.3) is 11.3 Å². The van der Waals surface area contributed by atoms with E-state index in [2.05, 4.69) is 10.3 Å². The normalized spacial score (nSPS) is 10.3. The maximum Gasteiger partial charge on any atom is 0.161 e. The molecule has 0 aliphatic carbocycles. The molecule has 0 spiro atoms. The fraction of sp³-hybridized carbons (Fsp3) is 0.267. The third-order valence-corrected chi connectivity index (χ3v) is 2.92. The van der Waals surface area contributed by atoms with Crippen molar-refractivity contribution in [3.8, 4) is 22.8 Å². The molecule has 0 saturated heterocycles. The van der Waals surface area contributed by atoms with Gasteiger partial charge in [-0.05, 0) is 36.9 Å². The van der Waals surface area contributed by atoms with Gasteiger partial charge in [0.2, 0.25) is 0 Å². The first-order chi connectivity index (χ1) is 9.30. The van der Waals surface area contributed by atoms with Crippen LogP contribution in [0.15, 0.2) is 36.5 Å². The van der Waals surface area contributed by atoms with Gasteiger partial charge in [0.05, 0.1) is 19.9 Å². The van der Waals surface area contributed by atoms with E-state index in [1.807, 2.05) is 37.4 Å². The smallest absolute Gasteiger partial charge is 0.161 e. The van der Waals surface area contributed by atoms with Crippen LogP contribution in [-0.2, 0) is 6.54 Å². The molecule has 1 aromatic carbocycles. The Hall–Kier alpha value is -2.07. The molecular weight excluding hydrogens is 240 g/mol. The average Bonchev–Trinajstić information content (AvgIpc) is 2.48. The van der Waals surface area contributed by atoms with E-state index >= 15 is 0 Å². The van der Waals surface area contributed by atoms with Crippen molar-refractivity contribution in [2.45, 2.75) is 6.54 Å². The van der Waals surface area contributed by atoms with Crippen LogP contribution in [0.4, 0.5) is 0 Å². The quantitative estimate of drug-likeness (QED) is 0.894. The molecule has 0 unspecified atom stereocenters. The van der Waals surface area contributed by atoms with E-state index in [0.29, 0.717) is 5.75 Å². The summed E-state index contributed by atoms with van der Waals surface area (Å²) in [5.74, 6) is 1.44. The van der Waals surface area contributed by atoms with Gasteiger partial charge in [-0.25, -0.2) is 0 Å². The van der Waals surface area contributed by atoms with Crippen molar-refractivity contribution in [1.82, 2.24) is 10.3 Å². The summed E-state index contributed by atoms with van der Waals surface area (Å²) in [4.78, 5) is 4.40.